The summed E-state index contributed by atoms with van der Waals surface area (Å²) in [5.41, 5.74) is 2.91. The summed E-state index contributed by atoms with van der Waals surface area (Å²) >= 11 is 1.58. The lowest BCUT2D eigenvalue weighted by Crippen LogP contribution is -2.35. The van der Waals surface area contributed by atoms with E-state index >= 15 is 0 Å². The molecule has 3 rings (SSSR count). The Bertz CT molecular complexity index is 699. The zero-order chi connectivity index (χ0) is 16.1. The van der Waals surface area contributed by atoms with E-state index in [0.717, 1.165) is 28.4 Å². The van der Waals surface area contributed by atoms with E-state index in [1.165, 1.54) is 0 Å². The van der Waals surface area contributed by atoms with Crippen molar-refractivity contribution in [1.82, 2.24) is 15.3 Å². The van der Waals surface area contributed by atoms with Gasteiger partial charge in [-0.2, -0.15) is 0 Å². The molecule has 0 spiro atoms. The van der Waals surface area contributed by atoms with Gasteiger partial charge in [0.25, 0.3) is 5.91 Å². The smallest absolute Gasteiger partial charge is 0.264 e. The number of nitrogens with one attached hydrogen (secondary N) is 1. The number of oxime groups is 1. The lowest BCUT2D eigenvalue weighted by Gasteiger charge is -2.08. The van der Waals surface area contributed by atoms with E-state index in [4.69, 9.17) is 4.84 Å². The van der Waals surface area contributed by atoms with E-state index in [9.17, 15) is 4.79 Å². The van der Waals surface area contributed by atoms with Gasteiger partial charge >= 0.3 is 0 Å². The van der Waals surface area contributed by atoms with Gasteiger partial charge in [-0.15, -0.1) is 11.3 Å². The molecule has 1 N–H and O–H groups in total. The Morgan fingerprint density at radius 2 is 2.43 bits per heavy atom. The highest BCUT2D eigenvalue weighted by Gasteiger charge is 2.26. The minimum atomic E-state index is -0.480. The normalized spacial score (nSPS) is 16.7. The van der Waals surface area contributed by atoms with E-state index in [2.05, 4.69) is 20.4 Å². The number of carbonyl (C=O) groups excluding carboxylic acids is 1. The van der Waals surface area contributed by atoms with Gasteiger partial charge in [-0.05, 0) is 18.6 Å². The summed E-state index contributed by atoms with van der Waals surface area (Å²) in [7, 11) is 0. The van der Waals surface area contributed by atoms with Crippen molar-refractivity contribution in [3.8, 4) is 10.6 Å². The molecular weight excluding hydrogens is 312 g/mol. The maximum atomic E-state index is 12.0. The number of nitrogens with zero attached hydrogens (tertiary/aromatic N) is 3. The van der Waals surface area contributed by atoms with Crippen LogP contribution in [0.2, 0.25) is 0 Å². The van der Waals surface area contributed by atoms with Gasteiger partial charge in [-0.1, -0.05) is 12.1 Å². The molecule has 0 bridgehead atoms. The fourth-order valence-electron chi connectivity index (χ4n) is 2.25. The number of rotatable bonds is 6. The van der Waals surface area contributed by atoms with Gasteiger partial charge in [0.1, 0.15) is 5.01 Å². The molecule has 2 aromatic rings. The monoisotopic (exact) mass is 330 g/mol. The molecule has 3 heterocycles. The van der Waals surface area contributed by atoms with E-state index in [0.29, 0.717) is 19.4 Å². The Balaban J connectivity index is 1.46. The minimum Gasteiger partial charge on any atom is -0.382 e. The maximum Gasteiger partial charge on any atom is 0.264 e. The molecule has 1 amide bonds. The Hall–Kier alpha value is -2.28. The van der Waals surface area contributed by atoms with E-state index in [-0.39, 0.29) is 5.91 Å². The number of thiazole rings is 1. The van der Waals surface area contributed by atoms with Gasteiger partial charge in [0.15, 0.2) is 0 Å². The van der Waals surface area contributed by atoms with Crippen molar-refractivity contribution < 1.29 is 9.63 Å². The van der Waals surface area contributed by atoms with Crippen LogP contribution < -0.4 is 5.32 Å². The highest BCUT2D eigenvalue weighted by atomic mass is 32.1. The van der Waals surface area contributed by atoms with Crippen molar-refractivity contribution in [3.63, 3.8) is 0 Å². The summed E-state index contributed by atoms with van der Waals surface area (Å²) < 4.78 is 0. The summed E-state index contributed by atoms with van der Waals surface area (Å²) in [5, 5.41) is 9.74. The Kier molecular flexibility index (Phi) is 4.97. The molecule has 6 nitrogen and oxygen atoms in total. The second-order valence-electron chi connectivity index (χ2n) is 5.24. The predicted octanol–water partition coefficient (Wildman–Crippen LogP) is 2.42. The summed E-state index contributed by atoms with van der Waals surface area (Å²) in [6.07, 6.45) is 5.16. The van der Waals surface area contributed by atoms with Crippen molar-refractivity contribution in [3.05, 3.63) is 35.6 Å². The quantitative estimate of drug-likeness (QED) is 0.882. The highest BCUT2D eigenvalue weighted by Crippen LogP contribution is 2.22. The Morgan fingerprint density at radius 1 is 1.52 bits per heavy atom. The summed E-state index contributed by atoms with van der Waals surface area (Å²) in [6.45, 7) is 2.54. The average molecular weight is 330 g/mol. The summed E-state index contributed by atoms with van der Waals surface area (Å²) in [6, 6.07) is 3.88. The van der Waals surface area contributed by atoms with Crippen LogP contribution in [-0.4, -0.2) is 34.2 Å². The van der Waals surface area contributed by atoms with Crippen LogP contribution in [0.1, 0.15) is 25.5 Å². The molecule has 1 aliphatic rings. The van der Waals surface area contributed by atoms with Crippen LogP contribution in [0.5, 0.6) is 0 Å². The third-order valence-electron chi connectivity index (χ3n) is 3.57. The van der Waals surface area contributed by atoms with Crippen molar-refractivity contribution in [2.24, 2.45) is 5.16 Å². The molecule has 23 heavy (non-hydrogen) atoms. The van der Waals surface area contributed by atoms with Crippen molar-refractivity contribution in [1.29, 1.82) is 0 Å². The van der Waals surface area contributed by atoms with Gasteiger partial charge in [-0.25, -0.2) is 4.98 Å². The molecule has 0 saturated carbocycles. The summed E-state index contributed by atoms with van der Waals surface area (Å²) in [5.74, 6) is -0.111. The number of hydrogen-bond acceptors (Lipinski definition) is 6. The fourth-order valence-corrected chi connectivity index (χ4v) is 3.09. The molecule has 0 fully saturated rings. The first-order valence-corrected chi connectivity index (χ1v) is 8.48. The Morgan fingerprint density at radius 3 is 3.17 bits per heavy atom. The fraction of sp³-hybridized carbons (Fsp3) is 0.375. The van der Waals surface area contributed by atoms with Gasteiger partial charge in [0, 0.05) is 42.7 Å². The van der Waals surface area contributed by atoms with Crippen LogP contribution in [0.25, 0.3) is 10.6 Å². The molecule has 1 aliphatic heterocycles. The first-order chi connectivity index (χ1) is 11.3. The van der Waals surface area contributed by atoms with Crippen molar-refractivity contribution >= 4 is 23.0 Å². The molecule has 120 valence electrons. The standard InChI is InChI=1S/C16H18N4O2S/c1-2-12-8-14(22-20-12)15(21)18-7-5-13-10-23-16(19-13)11-4-3-6-17-9-11/h3-4,6,9-10,14H,2,5,7-8H2,1H3,(H,18,21)/t14-/m0/s1. The SMILES string of the molecule is CCC1=NO[C@H](C(=O)NCCc2csc(-c3cccnc3)n2)C1. The molecule has 7 heteroatoms. The Labute approximate surface area is 138 Å². The molecule has 0 radical (unpaired) electrons. The zero-order valence-corrected chi connectivity index (χ0v) is 13.7. The van der Waals surface area contributed by atoms with E-state index in [1.807, 2.05) is 24.4 Å². The number of carbonyl (C=O) groups is 1. The maximum absolute atomic E-state index is 12.0. The third kappa shape index (κ3) is 3.92. The van der Waals surface area contributed by atoms with Gasteiger partial charge in [-0.3, -0.25) is 9.78 Å². The van der Waals surface area contributed by atoms with Gasteiger partial charge in [0.2, 0.25) is 6.10 Å². The van der Waals surface area contributed by atoms with Crippen molar-refractivity contribution in [2.45, 2.75) is 32.3 Å². The van der Waals surface area contributed by atoms with E-state index in [1.54, 1.807) is 23.7 Å². The topological polar surface area (TPSA) is 76.5 Å². The molecule has 2 aromatic heterocycles. The predicted molar refractivity (Wildman–Crippen MR) is 89.3 cm³/mol. The van der Waals surface area contributed by atoms with Crippen LogP contribution in [-0.2, 0) is 16.1 Å². The third-order valence-corrected chi connectivity index (χ3v) is 4.51. The first-order valence-electron chi connectivity index (χ1n) is 7.60. The van der Waals surface area contributed by atoms with Gasteiger partial charge in [0.05, 0.1) is 11.4 Å². The number of pyridine rings is 1. The van der Waals surface area contributed by atoms with Crippen LogP contribution in [0.4, 0.5) is 0 Å². The van der Waals surface area contributed by atoms with Crippen LogP contribution in [0, 0.1) is 0 Å². The second-order valence-corrected chi connectivity index (χ2v) is 6.09. The largest absolute Gasteiger partial charge is 0.382 e. The van der Waals surface area contributed by atoms with Crippen molar-refractivity contribution in [2.75, 3.05) is 6.54 Å². The van der Waals surface area contributed by atoms with Crippen LogP contribution in [0.15, 0.2) is 35.1 Å². The summed E-state index contributed by atoms with van der Waals surface area (Å²) in [4.78, 5) is 25.8. The molecule has 0 unspecified atom stereocenters. The molecule has 0 aliphatic carbocycles. The highest BCUT2D eigenvalue weighted by molar-refractivity contribution is 7.13. The molecule has 0 saturated heterocycles. The number of amides is 1. The van der Waals surface area contributed by atoms with Crippen LogP contribution in [0.3, 0.4) is 0 Å². The molecular formula is C16H18N4O2S. The lowest BCUT2D eigenvalue weighted by molar-refractivity contribution is -0.131. The number of aromatic nitrogens is 2. The minimum absolute atomic E-state index is 0.111. The van der Waals surface area contributed by atoms with Gasteiger partial charge < -0.3 is 10.2 Å². The second kappa shape index (κ2) is 7.32. The lowest BCUT2D eigenvalue weighted by atomic mass is 10.1. The van der Waals surface area contributed by atoms with Crippen LogP contribution >= 0.6 is 11.3 Å². The zero-order valence-electron chi connectivity index (χ0n) is 12.9. The molecule has 1 atom stereocenters. The number of hydrogen-bond donors (Lipinski definition) is 1. The van der Waals surface area contributed by atoms with E-state index < -0.39 is 6.10 Å². The molecule has 0 aromatic carbocycles. The average Bonchev–Trinajstić information content (AvgIpc) is 3.25. The first kappa shape index (κ1) is 15.6.